The topological polar surface area (TPSA) is 47.6 Å². The molecule has 0 radical (unpaired) electrons. The van der Waals surface area contributed by atoms with Crippen LogP contribution in [0.3, 0.4) is 0 Å². The maximum absolute atomic E-state index is 12.3. The van der Waals surface area contributed by atoms with Gasteiger partial charge in [-0.1, -0.05) is 20.3 Å². The van der Waals surface area contributed by atoms with Crippen LogP contribution in [0.2, 0.25) is 0 Å². The molecule has 0 aromatic heterocycles. The SMILES string of the molecule is CCCCOc1c(C)cc(NC(=O)[C@](C)(CC)OC)cc1C. The fourth-order valence-corrected chi connectivity index (χ4v) is 2.23. The monoisotopic (exact) mass is 307 g/mol. The van der Waals surface area contributed by atoms with Gasteiger partial charge >= 0.3 is 0 Å². The second kappa shape index (κ2) is 8.18. The molecule has 124 valence electrons. The molecule has 1 amide bonds. The summed E-state index contributed by atoms with van der Waals surface area (Å²) in [4.78, 5) is 12.3. The van der Waals surface area contributed by atoms with Gasteiger partial charge in [-0.2, -0.15) is 0 Å². The van der Waals surface area contributed by atoms with E-state index in [9.17, 15) is 4.79 Å². The summed E-state index contributed by atoms with van der Waals surface area (Å²) in [6, 6.07) is 3.88. The maximum atomic E-state index is 12.3. The molecule has 1 atom stereocenters. The zero-order chi connectivity index (χ0) is 16.8. The van der Waals surface area contributed by atoms with E-state index in [1.165, 1.54) is 0 Å². The quantitative estimate of drug-likeness (QED) is 0.731. The van der Waals surface area contributed by atoms with Gasteiger partial charge in [-0.05, 0) is 56.9 Å². The number of hydrogen-bond acceptors (Lipinski definition) is 3. The van der Waals surface area contributed by atoms with Gasteiger partial charge < -0.3 is 14.8 Å². The van der Waals surface area contributed by atoms with E-state index in [0.717, 1.165) is 42.0 Å². The molecule has 1 aromatic carbocycles. The van der Waals surface area contributed by atoms with Crippen LogP contribution in [0.25, 0.3) is 0 Å². The lowest BCUT2D eigenvalue weighted by Crippen LogP contribution is -2.41. The van der Waals surface area contributed by atoms with E-state index in [1.54, 1.807) is 14.0 Å². The van der Waals surface area contributed by atoms with Gasteiger partial charge in [-0.25, -0.2) is 0 Å². The van der Waals surface area contributed by atoms with Crippen molar-refractivity contribution < 1.29 is 14.3 Å². The Labute approximate surface area is 134 Å². The second-order valence-corrected chi connectivity index (χ2v) is 5.88. The van der Waals surface area contributed by atoms with Gasteiger partial charge in [0.1, 0.15) is 11.4 Å². The molecular formula is C18H29NO3. The molecule has 0 fully saturated rings. The van der Waals surface area contributed by atoms with Gasteiger partial charge in [0.15, 0.2) is 0 Å². The summed E-state index contributed by atoms with van der Waals surface area (Å²) in [7, 11) is 1.56. The van der Waals surface area contributed by atoms with Crippen LogP contribution in [0.5, 0.6) is 5.75 Å². The molecule has 0 aliphatic carbocycles. The lowest BCUT2D eigenvalue weighted by Gasteiger charge is -2.25. The molecule has 0 unspecified atom stereocenters. The fraction of sp³-hybridized carbons (Fsp3) is 0.611. The summed E-state index contributed by atoms with van der Waals surface area (Å²) in [5.41, 5.74) is 2.03. The smallest absolute Gasteiger partial charge is 0.256 e. The minimum absolute atomic E-state index is 0.129. The van der Waals surface area contributed by atoms with E-state index in [1.807, 2.05) is 32.9 Å². The van der Waals surface area contributed by atoms with Crippen molar-refractivity contribution in [3.05, 3.63) is 23.3 Å². The van der Waals surface area contributed by atoms with Crippen molar-refractivity contribution in [3.63, 3.8) is 0 Å². The number of hydrogen-bond donors (Lipinski definition) is 1. The van der Waals surface area contributed by atoms with Crippen LogP contribution in [-0.2, 0) is 9.53 Å². The van der Waals surface area contributed by atoms with Crippen molar-refractivity contribution in [3.8, 4) is 5.75 Å². The Bertz CT molecular complexity index is 484. The standard InChI is InChI=1S/C18H29NO3/c1-7-9-10-22-16-13(3)11-15(12-14(16)4)19-17(20)18(5,8-2)21-6/h11-12H,7-10H2,1-6H3,(H,19,20)/t18-/m0/s1. The average molecular weight is 307 g/mol. The van der Waals surface area contributed by atoms with Gasteiger partial charge in [0.2, 0.25) is 0 Å². The molecule has 0 aliphatic heterocycles. The van der Waals surface area contributed by atoms with Gasteiger partial charge in [0.25, 0.3) is 5.91 Å². The van der Waals surface area contributed by atoms with E-state index in [0.29, 0.717) is 6.42 Å². The maximum Gasteiger partial charge on any atom is 0.256 e. The first-order valence-electron chi connectivity index (χ1n) is 7.98. The summed E-state index contributed by atoms with van der Waals surface area (Å²) >= 11 is 0. The van der Waals surface area contributed by atoms with Crippen LogP contribution in [0.15, 0.2) is 12.1 Å². The van der Waals surface area contributed by atoms with Crippen LogP contribution < -0.4 is 10.1 Å². The van der Waals surface area contributed by atoms with Gasteiger partial charge in [0.05, 0.1) is 6.61 Å². The van der Waals surface area contributed by atoms with Crippen molar-refractivity contribution in [1.82, 2.24) is 0 Å². The first-order valence-corrected chi connectivity index (χ1v) is 7.98. The molecule has 4 heteroatoms. The molecule has 0 spiro atoms. The predicted molar refractivity (Wildman–Crippen MR) is 90.7 cm³/mol. The number of carbonyl (C=O) groups is 1. The third-order valence-corrected chi connectivity index (χ3v) is 4.07. The number of benzene rings is 1. The Morgan fingerprint density at radius 3 is 2.27 bits per heavy atom. The van der Waals surface area contributed by atoms with E-state index in [4.69, 9.17) is 9.47 Å². The molecular weight excluding hydrogens is 278 g/mol. The third-order valence-electron chi connectivity index (χ3n) is 4.07. The third kappa shape index (κ3) is 4.47. The lowest BCUT2D eigenvalue weighted by atomic mass is 10.0. The number of aryl methyl sites for hydroxylation is 2. The number of anilines is 1. The van der Waals surface area contributed by atoms with Gasteiger partial charge in [0, 0.05) is 12.8 Å². The molecule has 0 bridgehead atoms. The van der Waals surface area contributed by atoms with Crippen molar-refractivity contribution in [1.29, 1.82) is 0 Å². The summed E-state index contributed by atoms with van der Waals surface area (Å²) in [6.45, 7) is 10.6. The summed E-state index contributed by atoms with van der Waals surface area (Å²) < 4.78 is 11.2. The lowest BCUT2D eigenvalue weighted by molar-refractivity contribution is -0.136. The number of amides is 1. The minimum atomic E-state index is -0.807. The summed E-state index contributed by atoms with van der Waals surface area (Å²) in [5.74, 6) is 0.785. The Hall–Kier alpha value is -1.55. The van der Waals surface area contributed by atoms with E-state index in [2.05, 4.69) is 12.2 Å². The Morgan fingerprint density at radius 2 is 1.82 bits per heavy atom. The number of nitrogens with one attached hydrogen (secondary N) is 1. The molecule has 1 aromatic rings. The van der Waals surface area contributed by atoms with Crippen molar-refractivity contribution in [2.75, 3.05) is 19.0 Å². The normalized spacial score (nSPS) is 13.5. The molecule has 1 N–H and O–H groups in total. The molecule has 0 saturated carbocycles. The predicted octanol–water partition coefficient (Wildman–Crippen LogP) is 4.24. The first kappa shape index (κ1) is 18.5. The fourth-order valence-electron chi connectivity index (χ4n) is 2.23. The van der Waals surface area contributed by atoms with E-state index in [-0.39, 0.29) is 5.91 Å². The highest BCUT2D eigenvalue weighted by molar-refractivity contribution is 5.97. The summed E-state index contributed by atoms with van der Waals surface area (Å²) in [5, 5.41) is 2.94. The van der Waals surface area contributed by atoms with Crippen LogP contribution in [0.4, 0.5) is 5.69 Å². The number of unbranched alkanes of at least 4 members (excludes halogenated alkanes) is 1. The van der Waals surface area contributed by atoms with Crippen molar-refractivity contribution >= 4 is 11.6 Å². The van der Waals surface area contributed by atoms with Crippen molar-refractivity contribution in [2.45, 2.75) is 59.5 Å². The van der Waals surface area contributed by atoms with Crippen LogP contribution in [0, 0.1) is 13.8 Å². The molecule has 0 aliphatic rings. The molecule has 22 heavy (non-hydrogen) atoms. The van der Waals surface area contributed by atoms with Crippen LogP contribution in [0.1, 0.15) is 51.2 Å². The molecule has 4 nitrogen and oxygen atoms in total. The first-order chi connectivity index (χ1) is 10.4. The number of rotatable bonds is 8. The number of methoxy groups -OCH3 is 1. The van der Waals surface area contributed by atoms with Gasteiger partial charge in [-0.15, -0.1) is 0 Å². The zero-order valence-corrected chi connectivity index (χ0v) is 14.7. The highest BCUT2D eigenvalue weighted by atomic mass is 16.5. The van der Waals surface area contributed by atoms with E-state index >= 15 is 0 Å². The Kier molecular flexibility index (Phi) is 6.88. The van der Waals surface area contributed by atoms with Crippen LogP contribution >= 0.6 is 0 Å². The minimum Gasteiger partial charge on any atom is -0.493 e. The molecule has 0 saturated heterocycles. The highest BCUT2D eigenvalue weighted by Crippen LogP contribution is 2.28. The highest BCUT2D eigenvalue weighted by Gasteiger charge is 2.31. The van der Waals surface area contributed by atoms with E-state index < -0.39 is 5.60 Å². The number of ether oxygens (including phenoxy) is 2. The Balaban J connectivity index is 2.88. The Morgan fingerprint density at radius 1 is 1.23 bits per heavy atom. The van der Waals surface area contributed by atoms with Gasteiger partial charge in [-0.3, -0.25) is 4.79 Å². The van der Waals surface area contributed by atoms with Crippen molar-refractivity contribution in [2.24, 2.45) is 0 Å². The summed E-state index contributed by atoms with van der Waals surface area (Å²) in [6.07, 6.45) is 2.77. The molecule has 1 rings (SSSR count). The average Bonchev–Trinajstić information content (AvgIpc) is 2.49. The largest absolute Gasteiger partial charge is 0.493 e. The zero-order valence-electron chi connectivity index (χ0n) is 14.7. The number of carbonyl (C=O) groups excluding carboxylic acids is 1. The molecule has 0 heterocycles. The van der Waals surface area contributed by atoms with Crippen LogP contribution in [-0.4, -0.2) is 25.2 Å². The second-order valence-electron chi connectivity index (χ2n) is 5.88.